The number of fused-ring (bicyclic) bond motifs is 1. The maximum atomic E-state index is 13.7. The minimum atomic E-state index is -1.92. The number of ether oxygens (including phenoxy) is 3. The van der Waals surface area contributed by atoms with Gasteiger partial charge in [-0.15, -0.1) is 0 Å². The third-order valence-electron chi connectivity index (χ3n) is 8.38. The Morgan fingerprint density at radius 3 is 2.02 bits per heavy atom. The lowest BCUT2D eigenvalue weighted by atomic mass is 9.99. The summed E-state index contributed by atoms with van der Waals surface area (Å²) in [6.45, 7) is 1.60. The van der Waals surface area contributed by atoms with Gasteiger partial charge >= 0.3 is 5.97 Å². The van der Waals surface area contributed by atoms with Crippen molar-refractivity contribution in [1.29, 1.82) is 0 Å². The topological polar surface area (TPSA) is 217 Å². The second-order valence-electron chi connectivity index (χ2n) is 12.5. The van der Waals surface area contributed by atoms with Gasteiger partial charge in [0.15, 0.2) is 17.3 Å². The second kappa shape index (κ2) is 20.8. The van der Waals surface area contributed by atoms with E-state index < -0.39 is 82.8 Å². The maximum Gasteiger partial charge on any atom is 0.305 e. The summed E-state index contributed by atoms with van der Waals surface area (Å²) in [7, 11) is 0. The zero-order valence-electron chi connectivity index (χ0n) is 30.0. The molecule has 0 saturated carbocycles. The summed E-state index contributed by atoms with van der Waals surface area (Å²) >= 11 is 0. The molecule has 1 aliphatic heterocycles. The normalized spacial score (nSPS) is 20.7. The summed E-state index contributed by atoms with van der Waals surface area (Å²) in [6, 6.07) is 5.39. The minimum Gasteiger partial charge on any atom is -0.508 e. The Hall–Kier alpha value is -5.34. The van der Waals surface area contributed by atoms with Gasteiger partial charge in [0.05, 0.1) is 0 Å². The van der Waals surface area contributed by atoms with Gasteiger partial charge in [-0.1, -0.05) is 67.7 Å². The molecule has 3 aromatic rings. The number of unbranched alkanes of at least 4 members (excludes halogenated alkanes) is 1. The largest absolute Gasteiger partial charge is 0.508 e. The van der Waals surface area contributed by atoms with Crippen molar-refractivity contribution in [3.8, 4) is 40.1 Å². The molecule has 2 heterocycles. The molecule has 0 spiro atoms. The van der Waals surface area contributed by atoms with Gasteiger partial charge in [-0.2, -0.15) is 0 Å². The number of phenols is 4. The van der Waals surface area contributed by atoms with E-state index in [-0.39, 0.29) is 23.3 Å². The molecule has 290 valence electrons. The summed E-state index contributed by atoms with van der Waals surface area (Å²) in [6.07, 6.45) is 18.1. The molecule has 4 rings (SSSR count). The van der Waals surface area contributed by atoms with Crippen LogP contribution in [0.25, 0.3) is 22.3 Å². The fourth-order valence-electron chi connectivity index (χ4n) is 5.48. The van der Waals surface area contributed by atoms with Crippen LogP contribution in [0.1, 0.15) is 58.3 Å². The van der Waals surface area contributed by atoms with Gasteiger partial charge in [0.2, 0.25) is 17.5 Å². The molecule has 1 fully saturated rings. The van der Waals surface area contributed by atoms with Crippen LogP contribution in [0.3, 0.4) is 0 Å². The summed E-state index contributed by atoms with van der Waals surface area (Å²) in [5.74, 6) is -3.73. The Kier molecular flexibility index (Phi) is 15.9. The summed E-state index contributed by atoms with van der Waals surface area (Å²) in [4.78, 5) is 26.1. The number of hydrogen-bond donors (Lipinski definition) is 7. The number of hydrogen-bond acceptors (Lipinski definition) is 13. The van der Waals surface area contributed by atoms with E-state index in [9.17, 15) is 45.3 Å². The van der Waals surface area contributed by atoms with Crippen LogP contribution < -0.4 is 10.2 Å². The van der Waals surface area contributed by atoms with Gasteiger partial charge in [0.25, 0.3) is 0 Å². The van der Waals surface area contributed by atoms with Crippen LogP contribution >= 0.6 is 0 Å². The van der Waals surface area contributed by atoms with Gasteiger partial charge < -0.3 is 54.4 Å². The van der Waals surface area contributed by atoms with E-state index in [1.54, 1.807) is 0 Å². The zero-order valence-corrected chi connectivity index (χ0v) is 30.0. The van der Waals surface area contributed by atoms with Crippen LogP contribution in [-0.2, 0) is 14.3 Å². The molecule has 5 atom stereocenters. The predicted octanol–water partition coefficient (Wildman–Crippen LogP) is 5.93. The summed E-state index contributed by atoms with van der Waals surface area (Å²) < 4.78 is 22.5. The Balaban J connectivity index is 1.30. The number of phenolic OH excluding ortho intramolecular Hbond substituents is 4. The third-order valence-corrected chi connectivity index (χ3v) is 8.38. The van der Waals surface area contributed by atoms with Gasteiger partial charge in [-0.25, -0.2) is 0 Å². The highest BCUT2D eigenvalue weighted by molar-refractivity contribution is 5.88. The molecule has 2 aromatic carbocycles. The predicted molar refractivity (Wildman–Crippen MR) is 201 cm³/mol. The zero-order chi connectivity index (χ0) is 39.0. The van der Waals surface area contributed by atoms with Crippen molar-refractivity contribution < 1.29 is 59.2 Å². The highest BCUT2D eigenvalue weighted by Gasteiger charge is 2.46. The van der Waals surface area contributed by atoms with E-state index in [0.717, 1.165) is 56.4 Å². The Labute approximate surface area is 312 Å². The van der Waals surface area contributed by atoms with Crippen molar-refractivity contribution in [2.75, 3.05) is 6.61 Å². The van der Waals surface area contributed by atoms with Gasteiger partial charge in [-0.05, 0) is 63.1 Å². The van der Waals surface area contributed by atoms with Crippen molar-refractivity contribution in [2.24, 2.45) is 0 Å². The van der Waals surface area contributed by atoms with E-state index in [1.807, 2.05) is 12.2 Å². The maximum absolute atomic E-state index is 13.7. The SMILES string of the molecule is CC/C=C\C/C=C\C/C=C\C/C=C\C/C=C\CCCC(=O)OCC1OC(Oc2c(-c3ccc(O)c(O)c3)oc3cc(O)cc(O)c3c2=O)C(O)C(O)C1O. The third kappa shape index (κ3) is 11.6. The lowest BCUT2D eigenvalue weighted by Gasteiger charge is -2.39. The molecule has 0 bridgehead atoms. The number of carbonyl (C=O) groups excluding carboxylic acids is 1. The molecule has 13 nitrogen and oxygen atoms in total. The smallest absolute Gasteiger partial charge is 0.305 e. The van der Waals surface area contributed by atoms with Crippen molar-refractivity contribution >= 4 is 16.9 Å². The van der Waals surface area contributed by atoms with Crippen LogP contribution in [0.15, 0.2) is 100 Å². The van der Waals surface area contributed by atoms with Crippen molar-refractivity contribution in [1.82, 2.24) is 0 Å². The summed E-state index contributed by atoms with van der Waals surface area (Å²) in [5.41, 5.74) is -1.24. The second-order valence-corrected chi connectivity index (χ2v) is 12.5. The number of aliphatic hydroxyl groups is 3. The molecule has 0 aliphatic carbocycles. The van der Waals surface area contributed by atoms with Crippen LogP contribution in [0.4, 0.5) is 0 Å². The van der Waals surface area contributed by atoms with E-state index >= 15 is 0 Å². The molecule has 54 heavy (non-hydrogen) atoms. The van der Waals surface area contributed by atoms with E-state index in [1.165, 1.54) is 6.07 Å². The highest BCUT2D eigenvalue weighted by Crippen LogP contribution is 2.39. The quantitative estimate of drug-likeness (QED) is 0.0348. The van der Waals surface area contributed by atoms with E-state index in [2.05, 4.69) is 55.5 Å². The summed E-state index contributed by atoms with van der Waals surface area (Å²) in [5, 5.41) is 71.8. The molecule has 1 aromatic heterocycles. The van der Waals surface area contributed by atoms with Crippen LogP contribution in [0.2, 0.25) is 0 Å². The molecule has 1 saturated heterocycles. The van der Waals surface area contributed by atoms with Gasteiger partial charge in [-0.3, -0.25) is 9.59 Å². The average Bonchev–Trinajstić information content (AvgIpc) is 3.14. The van der Waals surface area contributed by atoms with E-state index in [4.69, 9.17) is 18.6 Å². The molecule has 0 radical (unpaired) electrons. The van der Waals surface area contributed by atoms with Crippen LogP contribution in [0.5, 0.6) is 28.7 Å². The monoisotopic (exact) mass is 748 g/mol. The molecule has 1 aliphatic rings. The number of aromatic hydroxyl groups is 4. The number of aliphatic hydroxyl groups excluding tert-OH is 3. The van der Waals surface area contributed by atoms with Crippen LogP contribution in [-0.4, -0.2) is 79.0 Å². The lowest BCUT2D eigenvalue weighted by molar-refractivity contribution is -0.278. The fraction of sp³-hybridized carbons (Fsp3) is 0.366. The number of benzene rings is 2. The minimum absolute atomic E-state index is 0.00285. The Morgan fingerprint density at radius 2 is 1.39 bits per heavy atom. The number of rotatable bonds is 18. The highest BCUT2D eigenvalue weighted by atomic mass is 16.7. The molecule has 7 N–H and O–H groups in total. The number of carbonyl (C=O) groups is 1. The van der Waals surface area contributed by atoms with Crippen molar-refractivity contribution in [3.05, 3.63) is 101 Å². The first kappa shape index (κ1) is 41.4. The standard InChI is InChI=1S/C41H48O13/c1-2-3-4-5-6-7-8-9-10-11-12-13-14-15-16-17-18-19-33(46)51-25-32-35(47)37(49)38(50)41(53-32)54-40-36(48)34-30(45)23-27(42)24-31(34)52-39(40)26-20-21-28(43)29(44)22-26/h3-4,6-7,9-10,12-13,15-16,20-24,32,35,37-38,41-45,47,49-50H,2,5,8,11,14,17-19,25H2,1H3/b4-3-,7-6-,10-9-,13-12-,16-15-. The molecule has 5 unspecified atom stereocenters. The number of esters is 1. The first-order valence-electron chi connectivity index (χ1n) is 17.8. The van der Waals surface area contributed by atoms with Crippen molar-refractivity contribution in [2.45, 2.75) is 89.0 Å². The average molecular weight is 749 g/mol. The van der Waals surface area contributed by atoms with E-state index in [0.29, 0.717) is 12.8 Å². The lowest BCUT2D eigenvalue weighted by Crippen LogP contribution is -2.60. The molecular formula is C41H48O13. The molecule has 0 amide bonds. The first-order chi connectivity index (χ1) is 26.0. The fourth-order valence-corrected chi connectivity index (χ4v) is 5.48. The van der Waals surface area contributed by atoms with Gasteiger partial charge in [0.1, 0.15) is 53.5 Å². The first-order valence-corrected chi connectivity index (χ1v) is 17.8. The number of allylic oxidation sites excluding steroid dienone is 10. The molecule has 13 heteroatoms. The Bertz CT molecular complexity index is 1900. The van der Waals surface area contributed by atoms with Crippen LogP contribution in [0, 0.1) is 0 Å². The van der Waals surface area contributed by atoms with Gasteiger partial charge in [0, 0.05) is 24.1 Å². The Morgan fingerprint density at radius 1 is 0.759 bits per heavy atom. The molecular weight excluding hydrogens is 700 g/mol. The van der Waals surface area contributed by atoms with Crippen molar-refractivity contribution in [3.63, 3.8) is 0 Å².